The van der Waals surface area contributed by atoms with Crippen LogP contribution in [0.5, 0.6) is 0 Å². The number of hydrogen-bond donors (Lipinski definition) is 0. The standard InChI is InChI=1S/C18H28N2O3S/c1-23-15-17-8-9-18(20(17)24(2,21)22)10-12-19(13-11-18)14-16-6-4-3-5-7-16/h3-7,17H,8-15H2,1-2H3. The van der Waals surface area contributed by atoms with Crippen LogP contribution < -0.4 is 0 Å². The molecule has 0 aromatic heterocycles. The monoisotopic (exact) mass is 352 g/mol. The summed E-state index contributed by atoms with van der Waals surface area (Å²) in [6.07, 6.45) is 5.02. The van der Waals surface area contributed by atoms with Crippen LogP contribution in [-0.2, 0) is 21.3 Å². The maximum atomic E-state index is 12.4. The molecule has 0 amide bonds. The molecule has 6 heteroatoms. The molecule has 2 aliphatic rings. The Hall–Kier alpha value is -0.950. The second-order valence-electron chi connectivity index (χ2n) is 7.19. The summed E-state index contributed by atoms with van der Waals surface area (Å²) in [6, 6.07) is 10.5. The predicted octanol–water partition coefficient (Wildman–Crippen LogP) is 2.09. The maximum Gasteiger partial charge on any atom is 0.212 e. The van der Waals surface area contributed by atoms with Crippen molar-refractivity contribution in [3.63, 3.8) is 0 Å². The molecule has 1 atom stereocenters. The third-order valence-corrected chi connectivity index (χ3v) is 6.89. The van der Waals surface area contributed by atoms with E-state index in [1.54, 1.807) is 11.4 Å². The van der Waals surface area contributed by atoms with E-state index in [1.807, 2.05) is 6.07 Å². The highest BCUT2D eigenvalue weighted by atomic mass is 32.2. The summed E-state index contributed by atoms with van der Waals surface area (Å²) in [5.74, 6) is 0. The molecule has 1 spiro atoms. The largest absolute Gasteiger partial charge is 0.383 e. The second kappa shape index (κ2) is 7.12. The molecule has 0 N–H and O–H groups in total. The minimum atomic E-state index is -3.22. The summed E-state index contributed by atoms with van der Waals surface area (Å²) >= 11 is 0. The first-order chi connectivity index (χ1) is 11.4. The van der Waals surface area contributed by atoms with Crippen LogP contribution in [0.4, 0.5) is 0 Å². The zero-order valence-electron chi connectivity index (χ0n) is 14.6. The van der Waals surface area contributed by atoms with Crippen LogP contribution in [0.1, 0.15) is 31.2 Å². The zero-order valence-corrected chi connectivity index (χ0v) is 15.5. The van der Waals surface area contributed by atoms with Gasteiger partial charge in [0.2, 0.25) is 10.0 Å². The highest BCUT2D eigenvalue weighted by molar-refractivity contribution is 7.88. The highest BCUT2D eigenvalue weighted by Gasteiger charge is 2.51. The van der Waals surface area contributed by atoms with E-state index in [4.69, 9.17) is 4.74 Å². The molecule has 2 fully saturated rings. The molecule has 0 saturated carbocycles. The van der Waals surface area contributed by atoms with E-state index in [-0.39, 0.29) is 11.6 Å². The van der Waals surface area contributed by atoms with Crippen molar-refractivity contribution in [2.24, 2.45) is 0 Å². The molecule has 0 radical (unpaired) electrons. The van der Waals surface area contributed by atoms with Crippen LogP contribution in [0, 0.1) is 0 Å². The first-order valence-corrected chi connectivity index (χ1v) is 10.5. The predicted molar refractivity (Wildman–Crippen MR) is 95.3 cm³/mol. The van der Waals surface area contributed by atoms with Crippen molar-refractivity contribution >= 4 is 10.0 Å². The highest BCUT2D eigenvalue weighted by Crippen LogP contribution is 2.43. The molecule has 0 aliphatic carbocycles. The number of piperidine rings is 1. The SMILES string of the molecule is COCC1CCC2(CCN(Cc3ccccc3)CC2)N1S(C)(=O)=O. The van der Waals surface area contributed by atoms with E-state index in [1.165, 1.54) is 11.8 Å². The molecular formula is C18H28N2O3S. The molecule has 2 saturated heterocycles. The normalized spacial score (nSPS) is 25.3. The summed E-state index contributed by atoms with van der Waals surface area (Å²) in [7, 11) is -1.58. The van der Waals surface area contributed by atoms with Crippen LogP contribution in [0.15, 0.2) is 30.3 Å². The molecule has 1 aromatic carbocycles. The first-order valence-electron chi connectivity index (χ1n) is 8.69. The second-order valence-corrected chi connectivity index (χ2v) is 9.05. The Balaban J connectivity index is 1.69. The average molecular weight is 353 g/mol. The molecule has 24 heavy (non-hydrogen) atoms. The van der Waals surface area contributed by atoms with Gasteiger partial charge in [0.05, 0.1) is 12.9 Å². The van der Waals surface area contributed by atoms with Gasteiger partial charge in [-0.25, -0.2) is 8.42 Å². The molecule has 2 aliphatic heterocycles. The number of hydrogen-bond acceptors (Lipinski definition) is 4. The molecule has 5 nitrogen and oxygen atoms in total. The Morgan fingerprint density at radius 3 is 2.42 bits per heavy atom. The Labute approximate surface area is 145 Å². The van der Waals surface area contributed by atoms with E-state index in [0.717, 1.165) is 45.3 Å². The van der Waals surface area contributed by atoms with Gasteiger partial charge in [-0.05, 0) is 31.2 Å². The molecule has 0 bridgehead atoms. The summed E-state index contributed by atoms with van der Waals surface area (Å²) < 4.78 is 31.9. The average Bonchev–Trinajstić information content (AvgIpc) is 2.90. The number of likely N-dealkylation sites (tertiary alicyclic amines) is 1. The Bertz CT molecular complexity index is 639. The van der Waals surface area contributed by atoms with Crippen molar-refractivity contribution in [1.29, 1.82) is 0 Å². The van der Waals surface area contributed by atoms with Gasteiger partial charge >= 0.3 is 0 Å². The van der Waals surface area contributed by atoms with Crippen molar-refractivity contribution in [3.8, 4) is 0 Å². The fourth-order valence-electron chi connectivity index (χ4n) is 4.46. The van der Waals surface area contributed by atoms with Crippen molar-refractivity contribution < 1.29 is 13.2 Å². The molecule has 2 heterocycles. The number of rotatable bonds is 5. The summed E-state index contributed by atoms with van der Waals surface area (Å²) in [5, 5.41) is 0. The van der Waals surface area contributed by atoms with Gasteiger partial charge < -0.3 is 4.74 Å². The minimum absolute atomic E-state index is 0.00864. The third kappa shape index (κ3) is 3.67. The van der Waals surface area contributed by atoms with Crippen molar-refractivity contribution in [2.75, 3.05) is 33.1 Å². The number of sulfonamides is 1. The number of nitrogens with zero attached hydrogens (tertiary/aromatic N) is 2. The van der Waals surface area contributed by atoms with Gasteiger partial charge in [0, 0.05) is 38.3 Å². The number of benzene rings is 1. The third-order valence-electron chi connectivity index (χ3n) is 5.49. The summed E-state index contributed by atoms with van der Waals surface area (Å²) in [6.45, 7) is 3.32. The van der Waals surface area contributed by atoms with Crippen molar-refractivity contribution in [3.05, 3.63) is 35.9 Å². The minimum Gasteiger partial charge on any atom is -0.383 e. The van der Waals surface area contributed by atoms with E-state index < -0.39 is 10.0 Å². The van der Waals surface area contributed by atoms with Crippen LogP contribution in [0.3, 0.4) is 0 Å². The van der Waals surface area contributed by atoms with E-state index >= 15 is 0 Å². The van der Waals surface area contributed by atoms with Crippen molar-refractivity contribution in [2.45, 2.75) is 43.8 Å². The molecule has 3 rings (SSSR count). The van der Waals surface area contributed by atoms with Crippen LogP contribution >= 0.6 is 0 Å². The lowest BCUT2D eigenvalue weighted by Crippen LogP contribution is -2.56. The van der Waals surface area contributed by atoms with Gasteiger partial charge in [-0.3, -0.25) is 4.90 Å². The van der Waals surface area contributed by atoms with Gasteiger partial charge in [0.15, 0.2) is 0 Å². The van der Waals surface area contributed by atoms with Crippen LogP contribution in [0.2, 0.25) is 0 Å². The van der Waals surface area contributed by atoms with Gasteiger partial charge in [-0.1, -0.05) is 30.3 Å². The fourth-order valence-corrected chi connectivity index (χ4v) is 6.14. The molecular weight excluding hydrogens is 324 g/mol. The lowest BCUT2D eigenvalue weighted by Gasteiger charge is -2.45. The van der Waals surface area contributed by atoms with Crippen molar-refractivity contribution in [1.82, 2.24) is 9.21 Å². The molecule has 1 unspecified atom stereocenters. The van der Waals surface area contributed by atoms with Crippen LogP contribution in [0.25, 0.3) is 0 Å². The van der Waals surface area contributed by atoms with Gasteiger partial charge in [-0.2, -0.15) is 4.31 Å². The zero-order chi connectivity index (χ0) is 17.2. The lowest BCUT2D eigenvalue weighted by molar-refractivity contribution is 0.0658. The summed E-state index contributed by atoms with van der Waals surface area (Å²) in [5.41, 5.74) is 1.11. The molecule has 1 aromatic rings. The van der Waals surface area contributed by atoms with Gasteiger partial charge in [0.1, 0.15) is 0 Å². The topological polar surface area (TPSA) is 49.9 Å². The molecule has 134 valence electrons. The Kier molecular flexibility index (Phi) is 5.30. The maximum absolute atomic E-state index is 12.4. The van der Waals surface area contributed by atoms with E-state index in [9.17, 15) is 8.42 Å². The smallest absolute Gasteiger partial charge is 0.212 e. The number of ether oxygens (including phenoxy) is 1. The van der Waals surface area contributed by atoms with Gasteiger partial charge in [0.25, 0.3) is 0 Å². The van der Waals surface area contributed by atoms with Crippen LogP contribution in [-0.4, -0.2) is 62.3 Å². The first kappa shape index (κ1) is 17.9. The summed E-state index contributed by atoms with van der Waals surface area (Å²) in [4.78, 5) is 2.44. The van der Waals surface area contributed by atoms with E-state index in [0.29, 0.717) is 6.61 Å². The Morgan fingerprint density at radius 1 is 1.17 bits per heavy atom. The van der Waals surface area contributed by atoms with Gasteiger partial charge in [-0.15, -0.1) is 0 Å². The fraction of sp³-hybridized carbons (Fsp3) is 0.667. The number of methoxy groups -OCH3 is 1. The lowest BCUT2D eigenvalue weighted by atomic mass is 9.86. The Morgan fingerprint density at radius 2 is 1.83 bits per heavy atom. The quantitative estimate of drug-likeness (QED) is 0.814. The van der Waals surface area contributed by atoms with E-state index in [2.05, 4.69) is 29.2 Å².